The van der Waals surface area contributed by atoms with Crippen LogP contribution in [-0.4, -0.2) is 44.0 Å². The largest absolute Gasteiger partial charge is 0.469 e. The second-order valence-corrected chi connectivity index (χ2v) is 5.45. The van der Waals surface area contributed by atoms with Gasteiger partial charge < -0.3 is 15.4 Å². The van der Waals surface area contributed by atoms with Crippen LogP contribution in [0.2, 0.25) is 0 Å². The van der Waals surface area contributed by atoms with Crippen molar-refractivity contribution >= 4 is 11.9 Å². The highest BCUT2D eigenvalue weighted by Gasteiger charge is 2.39. The van der Waals surface area contributed by atoms with Crippen LogP contribution in [0.15, 0.2) is 0 Å². The van der Waals surface area contributed by atoms with Crippen LogP contribution in [0.4, 0.5) is 0 Å². The second kappa shape index (κ2) is 7.48. The molecular weight excluding hydrogens is 244 g/mol. The fourth-order valence-corrected chi connectivity index (χ4v) is 2.80. The third-order valence-electron chi connectivity index (χ3n) is 4.10. The van der Waals surface area contributed by atoms with Crippen LogP contribution in [-0.2, 0) is 14.3 Å². The monoisotopic (exact) mass is 270 g/mol. The van der Waals surface area contributed by atoms with Gasteiger partial charge in [-0.3, -0.25) is 9.59 Å². The third kappa shape index (κ3) is 4.20. The number of ether oxygens (including phenoxy) is 1. The minimum Gasteiger partial charge on any atom is -0.469 e. The molecule has 19 heavy (non-hydrogen) atoms. The lowest BCUT2D eigenvalue weighted by Crippen LogP contribution is -2.48. The second-order valence-electron chi connectivity index (χ2n) is 5.45. The number of hydrogen-bond donors (Lipinski definition) is 1. The van der Waals surface area contributed by atoms with Gasteiger partial charge in [-0.05, 0) is 19.3 Å². The van der Waals surface area contributed by atoms with E-state index in [1.165, 1.54) is 13.5 Å². The molecule has 0 radical (unpaired) electrons. The first kappa shape index (κ1) is 16.0. The summed E-state index contributed by atoms with van der Waals surface area (Å²) in [6.45, 7) is 1.00. The Bertz CT molecular complexity index is 312. The van der Waals surface area contributed by atoms with Crippen molar-refractivity contribution in [1.29, 1.82) is 0 Å². The predicted octanol–water partition coefficient (Wildman–Crippen LogP) is 1.31. The Balaban J connectivity index is 2.47. The van der Waals surface area contributed by atoms with Crippen molar-refractivity contribution in [2.45, 2.75) is 44.9 Å². The molecule has 1 aliphatic rings. The predicted molar refractivity (Wildman–Crippen MR) is 73.5 cm³/mol. The molecule has 2 N–H and O–H groups in total. The fourth-order valence-electron chi connectivity index (χ4n) is 2.80. The molecule has 0 aromatic carbocycles. The van der Waals surface area contributed by atoms with Gasteiger partial charge in [0, 0.05) is 26.6 Å². The maximum Gasteiger partial charge on any atom is 0.305 e. The van der Waals surface area contributed by atoms with Gasteiger partial charge in [-0.2, -0.15) is 0 Å². The Morgan fingerprint density at radius 2 is 1.89 bits per heavy atom. The van der Waals surface area contributed by atoms with Crippen molar-refractivity contribution < 1.29 is 14.3 Å². The summed E-state index contributed by atoms with van der Waals surface area (Å²) >= 11 is 0. The lowest BCUT2D eigenvalue weighted by Gasteiger charge is -2.37. The number of nitrogens with zero attached hydrogens (tertiary/aromatic N) is 1. The molecule has 0 atom stereocenters. The Morgan fingerprint density at radius 1 is 1.26 bits per heavy atom. The summed E-state index contributed by atoms with van der Waals surface area (Å²) in [6, 6.07) is 0. The van der Waals surface area contributed by atoms with E-state index >= 15 is 0 Å². The molecule has 0 spiro atoms. The zero-order valence-electron chi connectivity index (χ0n) is 12.1. The number of carbonyl (C=O) groups excluding carboxylic acids is 2. The normalized spacial score (nSPS) is 17.8. The molecule has 0 unspecified atom stereocenters. The first-order chi connectivity index (χ1) is 9.05. The lowest BCUT2D eigenvalue weighted by atomic mass is 9.73. The van der Waals surface area contributed by atoms with Crippen molar-refractivity contribution in [2.75, 3.05) is 27.2 Å². The van der Waals surface area contributed by atoms with Crippen LogP contribution in [0.5, 0.6) is 0 Å². The molecule has 110 valence electrons. The van der Waals surface area contributed by atoms with E-state index in [2.05, 4.69) is 4.74 Å². The summed E-state index contributed by atoms with van der Waals surface area (Å²) in [6.07, 6.45) is 6.13. The van der Waals surface area contributed by atoms with E-state index in [1.807, 2.05) is 0 Å². The summed E-state index contributed by atoms with van der Waals surface area (Å²) < 4.78 is 4.59. The summed E-state index contributed by atoms with van der Waals surface area (Å²) in [5.41, 5.74) is 5.49. The van der Waals surface area contributed by atoms with E-state index in [1.54, 1.807) is 11.9 Å². The van der Waals surface area contributed by atoms with E-state index in [4.69, 9.17) is 5.73 Å². The van der Waals surface area contributed by atoms with Crippen LogP contribution in [0.25, 0.3) is 0 Å². The van der Waals surface area contributed by atoms with E-state index in [-0.39, 0.29) is 17.3 Å². The molecule has 0 bridgehead atoms. The highest BCUT2D eigenvalue weighted by molar-refractivity contribution is 5.83. The molecule has 5 nitrogen and oxygen atoms in total. The average molecular weight is 270 g/mol. The summed E-state index contributed by atoms with van der Waals surface area (Å²) in [7, 11) is 3.17. The molecule has 1 saturated carbocycles. The summed E-state index contributed by atoms with van der Waals surface area (Å²) in [4.78, 5) is 25.3. The number of amides is 1. The minimum atomic E-state index is -0.363. The number of nitrogens with two attached hydrogens (primary N) is 1. The van der Waals surface area contributed by atoms with Crippen molar-refractivity contribution in [2.24, 2.45) is 11.1 Å². The van der Waals surface area contributed by atoms with Gasteiger partial charge in [-0.1, -0.05) is 19.3 Å². The Kier molecular flexibility index (Phi) is 6.28. The standard InChI is InChI=1S/C14H26N2O3/c1-16(10-6-7-12(17)19-2)13(18)14(11-15)8-4-3-5-9-14/h3-11,15H2,1-2H3. The van der Waals surface area contributed by atoms with Gasteiger partial charge in [0.15, 0.2) is 0 Å². The molecule has 1 aliphatic carbocycles. The van der Waals surface area contributed by atoms with Gasteiger partial charge in [0.25, 0.3) is 0 Å². The van der Waals surface area contributed by atoms with Gasteiger partial charge in [0.05, 0.1) is 12.5 Å². The van der Waals surface area contributed by atoms with Crippen LogP contribution in [0, 0.1) is 5.41 Å². The summed E-state index contributed by atoms with van der Waals surface area (Å²) in [5, 5.41) is 0. The Labute approximate surface area is 115 Å². The molecule has 1 rings (SSSR count). The van der Waals surface area contributed by atoms with E-state index < -0.39 is 0 Å². The van der Waals surface area contributed by atoms with Gasteiger partial charge >= 0.3 is 5.97 Å². The number of esters is 1. The molecule has 1 fully saturated rings. The lowest BCUT2D eigenvalue weighted by molar-refractivity contribution is -0.144. The number of carbonyl (C=O) groups is 2. The van der Waals surface area contributed by atoms with Gasteiger partial charge in [0.1, 0.15) is 0 Å². The van der Waals surface area contributed by atoms with Crippen LogP contribution >= 0.6 is 0 Å². The SMILES string of the molecule is COC(=O)CCCN(C)C(=O)C1(CN)CCCCC1. The number of rotatable bonds is 6. The van der Waals surface area contributed by atoms with Crippen molar-refractivity contribution in [3.8, 4) is 0 Å². The highest BCUT2D eigenvalue weighted by atomic mass is 16.5. The molecule has 0 aromatic rings. The zero-order chi connectivity index (χ0) is 14.3. The van der Waals surface area contributed by atoms with E-state index in [0.717, 1.165) is 25.7 Å². The highest BCUT2D eigenvalue weighted by Crippen LogP contribution is 2.36. The van der Waals surface area contributed by atoms with Crippen LogP contribution < -0.4 is 5.73 Å². The van der Waals surface area contributed by atoms with Gasteiger partial charge in [0.2, 0.25) is 5.91 Å². The fraction of sp³-hybridized carbons (Fsp3) is 0.857. The Morgan fingerprint density at radius 3 is 2.42 bits per heavy atom. The first-order valence-electron chi connectivity index (χ1n) is 7.08. The molecular formula is C14H26N2O3. The van der Waals surface area contributed by atoms with Gasteiger partial charge in [-0.15, -0.1) is 0 Å². The molecule has 5 heteroatoms. The molecule has 0 saturated heterocycles. The number of methoxy groups -OCH3 is 1. The van der Waals surface area contributed by atoms with Crippen molar-refractivity contribution in [3.63, 3.8) is 0 Å². The molecule has 0 aliphatic heterocycles. The van der Waals surface area contributed by atoms with Gasteiger partial charge in [-0.25, -0.2) is 0 Å². The summed E-state index contributed by atoms with van der Waals surface area (Å²) in [5.74, 6) is -0.0911. The zero-order valence-corrected chi connectivity index (χ0v) is 12.1. The average Bonchev–Trinajstić information content (AvgIpc) is 2.46. The Hall–Kier alpha value is -1.10. The first-order valence-corrected chi connectivity index (χ1v) is 7.08. The smallest absolute Gasteiger partial charge is 0.305 e. The maximum atomic E-state index is 12.5. The molecule has 0 aromatic heterocycles. The van der Waals surface area contributed by atoms with Crippen LogP contribution in [0.3, 0.4) is 0 Å². The van der Waals surface area contributed by atoms with Crippen molar-refractivity contribution in [1.82, 2.24) is 4.90 Å². The van der Waals surface area contributed by atoms with Crippen LogP contribution in [0.1, 0.15) is 44.9 Å². The van der Waals surface area contributed by atoms with Crippen molar-refractivity contribution in [3.05, 3.63) is 0 Å². The number of hydrogen-bond acceptors (Lipinski definition) is 4. The topological polar surface area (TPSA) is 72.6 Å². The van der Waals surface area contributed by atoms with E-state index in [0.29, 0.717) is 25.9 Å². The minimum absolute atomic E-state index is 0.138. The maximum absolute atomic E-state index is 12.5. The quantitative estimate of drug-likeness (QED) is 0.739. The third-order valence-corrected chi connectivity index (χ3v) is 4.10. The van der Waals surface area contributed by atoms with E-state index in [9.17, 15) is 9.59 Å². The molecule has 0 heterocycles. The molecule has 1 amide bonds.